The Bertz CT molecular complexity index is 1380. The molecule has 10 nitrogen and oxygen atoms in total. The van der Waals surface area contributed by atoms with Crippen LogP contribution in [-0.4, -0.2) is 68.7 Å². The highest BCUT2D eigenvalue weighted by atomic mass is 32.2. The van der Waals surface area contributed by atoms with Crippen molar-refractivity contribution in [1.29, 1.82) is 0 Å². The van der Waals surface area contributed by atoms with Crippen molar-refractivity contribution < 1.29 is 27.9 Å². The van der Waals surface area contributed by atoms with Gasteiger partial charge in [0.15, 0.2) is 0 Å². The summed E-state index contributed by atoms with van der Waals surface area (Å²) in [6.07, 6.45) is 0.757. The van der Waals surface area contributed by atoms with Crippen LogP contribution in [0.15, 0.2) is 89.8 Å². The number of methoxy groups -OCH3 is 1. The third-order valence-corrected chi connectivity index (χ3v) is 9.24. The van der Waals surface area contributed by atoms with Crippen LogP contribution in [0.3, 0.4) is 0 Å². The van der Waals surface area contributed by atoms with E-state index in [0.29, 0.717) is 31.5 Å². The number of aliphatic hydroxyl groups excluding tert-OH is 1. The van der Waals surface area contributed by atoms with Crippen molar-refractivity contribution in [3.05, 3.63) is 96.1 Å². The SMILES string of the molecule is COC(=O)N[C@@H](C(=O)NCCCC[C@@H](CO)N(CC(C)C)S(=O)(=O)c1ccc(N)cc1)C(c1ccccc1)c1ccccc1. The minimum Gasteiger partial charge on any atom is -0.453 e. The number of nitrogens with zero attached hydrogens (tertiary/aromatic N) is 1. The van der Waals surface area contributed by atoms with Crippen molar-refractivity contribution in [1.82, 2.24) is 14.9 Å². The number of aliphatic hydroxyl groups is 1. The first-order valence-electron chi connectivity index (χ1n) is 14.8. The molecule has 5 N–H and O–H groups in total. The molecule has 0 aromatic heterocycles. The summed E-state index contributed by atoms with van der Waals surface area (Å²) in [6.45, 7) is 4.05. The summed E-state index contributed by atoms with van der Waals surface area (Å²) in [7, 11) is -2.62. The summed E-state index contributed by atoms with van der Waals surface area (Å²) in [5.74, 6) is -0.814. The molecule has 0 spiro atoms. The molecule has 2 amide bonds. The second-order valence-electron chi connectivity index (χ2n) is 11.1. The van der Waals surface area contributed by atoms with Crippen molar-refractivity contribution in [2.45, 2.75) is 56.0 Å². The lowest BCUT2D eigenvalue weighted by Crippen LogP contribution is -2.50. The summed E-state index contributed by atoms with van der Waals surface area (Å²) in [6, 6.07) is 23.4. The van der Waals surface area contributed by atoms with Crippen LogP contribution in [-0.2, 0) is 19.6 Å². The fraction of sp³-hybridized carbons (Fsp3) is 0.394. The molecule has 11 heteroatoms. The standard InChI is InChI=1S/C33H44N4O6S/c1-24(2)22-37(44(41,42)29-19-17-27(34)18-20-29)28(23-38)16-10-11-21-35-32(39)31(36-33(40)43-3)30(25-12-6-4-7-13-25)26-14-8-5-9-15-26/h4-9,12-15,17-20,24,28,30-31,38H,10-11,16,21-23,34H2,1-3H3,(H,35,39)(H,36,40)/t28-,31+/m0/s1. The van der Waals surface area contributed by atoms with Gasteiger partial charge in [0.1, 0.15) is 6.04 Å². The first kappa shape index (κ1) is 34.6. The number of sulfonamides is 1. The highest BCUT2D eigenvalue weighted by Gasteiger charge is 2.33. The number of benzene rings is 3. The van der Waals surface area contributed by atoms with E-state index in [1.165, 1.54) is 23.5 Å². The van der Waals surface area contributed by atoms with Gasteiger partial charge in [-0.2, -0.15) is 4.31 Å². The lowest BCUT2D eigenvalue weighted by molar-refractivity contribution is -0.123. The number of alkyl carbamates (subject to hydrolysis) is 1. The first-order chi connectivity index (χ1) is 21.1. The first-order valence-corrected chi connectivity index (χ1v) is 16.2. The molecule has 3 aromatic rings. The van der Waals surface area contributed by atoms with E-state index >= 15 is 0 Å². The Balaban J connectivity index is 1.70. The molecule has 0 bridgehead atoms. The van der Waals surface area contributed by atoms with Gasteiger partial charge in [-0.15, -0.1) is 0 Å². The van der Waals surface area contributed by atoms with Gasteiger partial charge in [-0.3, -0.25) is 4.79 Å². The lowest BCUT2D eigenvalue weighted by Gasteiger charge is -2.31. The number of nitrogen functional groups attached to an aromatic ring is 1. The van der Waals surface area contributed by atoms with E-state index in [1.807, 2.05) is 74.5 Å². The number of rotatable bonds is 16. The zero-order valence-corrected chi connectivity index (χ0v) is 26.4. The topological polar surface area (TPSA) is 151 Å². The van der Waals surface area contributed by atoms with Gasteiger partial charge in [-0.1, -0.05) is 80.9 Å². The van der Waals surface area contributed by atoms with Crippen molar-refractivity contribution in [3.8, 4) is 0 Å². The highest BCUT2D eigenvalue weighted by molar-refractivity contribution is 7.89. The number of carbonyl (C=O) groups is 2. The van der Waals surface area contributed by atoms with Gasteiger partial charge in [-0.05, 0) is 54.2 Å². The normalized spacial score (nSPS) is 13.1. The van der Waals surface area contributed by atoms with Gasteiger partial charge in [0.25, 0.3) is 0 Å². The molecule has 0 aliphatic carbocycles. The molecule has 44 heavy (non-hydrogen) atoms. The second kappa shape index (κ2) is 16.8. The van der Waals surface area contributed by atoms with Crippen LogP contribution in [0.4, 0.5) is 10.5 Å². The van der Waals surface area contributed by atoms with E-state index in [-0.39, 0.29) is 29.9 Å². The van der Waals surface area contributed by atoms with E-state index < -0.39 is 34.1 Å². The van der Waals surface area contributed by atoms with Crippen molar-refractivity contribution >= 4 is 27.7 Å². The van der Waals surface area contributed by atoms with E-state index in [0.717, 1.165) is 11.1 Å². The quantitative estimate of drug-likeness (QED) is 0.138. The fourth-order valence-corrected chi connectivity index (χ4v) is 6.93. The molecule has 238 valence electrons. The number of amides is 2. The molecule has 0 saturated heterocycles. The number of nitrogens with two attached hydrogens (primary N) is 1. The Kier molecular flexibility index (Phi) is 13.2. The van der Waals surface area contributed by atoms with E-state index in [1.54, 1.807) is 12.1 Å². The van der Waals surface area contributed by atoms with Gasteiger partial charge in [-0.25, -0.2) is 13.2 Å². The van der Waals surface area contributed by atoms with Gasteiger partial charge >= 0.3 is 6.09 Å². The van der Waals surface area contributed by atoms with Crippen molar-refractivity contribution in [2.75, 3.05) is 32.5 Å². The van der Waals surface area contributed by atoms with Crippen LogP contribution in [0.2, 0.25) is 0 Å². The van der Waals surface area contributed by atoms with Crippen LogP contribution in [0.25, 0.3) is 0 Å². The Morgan fingerprint density at radius 2 is 1.48 bits per heavy atom. The Labute approximate surface area is 260 Å². The molecule has 2 atom stereocenters. The van der Waals surface area contributed by atoms with Crippen LogP contribution in [0.1, 0.15) is 50.2 Å². The number of hydrogen-bond donors (Lipinski definition) is 4. The second-order valence-corrected chi connectivity index (χ2v) is 13.0. The van der Waals surface area contributed by atoms with Crippen LogP contribution < -0.4 is 16.4 Å². The maximum absolute atomic E-state index is 13.6. The number of carbonyl (C=O) groups excluding carboxylic acids is 2. The van der Waals surface area contributed by atoms with E-state index in [4.69, 9.17) is 10.5 Å². The lowest BCUT2D eigenvalue weighted by atomic mass is 9.84. The summed E-state index contributed by atoms with van der Waals surface area (Å²) >= 11 is 0. The largest absolute Gasteiger partial charge is 0.453 e. The average molecular weight is 625 g/mol. The van der Waals surface area contributed by atoms with Crippen molar-refractivity contribution in [3.63, 3.8) is 0 Å². The van der Waals surface area contributed by atoms with E-state index in [2.05, 4.69) is 10.6 Å². The smallest absolute Gasteiger partial charge is 0.407 e. The monoisotopic (exact) mass is 624 g/mol. The molecule has 0 aliphatic rings. The molecule has 0 unspecified atom stereocenters. The Morgan fingerprint density at radius 1 is 0.909 bits per heavy atom. The van der Waals surface area contributed by atoms with Crippen molar-refractivity contribution in [2.24, 2.45) is 5.92 Å². The molecular formula is C33H44N4O6S. The summed E-state index contributed by atoms with van der Waals surface area (Å²) in [5, 5.41) is 15.9. The molecular weight excluding hydrogens is 580 g/mol. The number of hydrogen-bond acceptors (Lipinski definition) is 7. The van der Waals surface area contributed by atoms with Crippen LogP contribution in [0, 0.1) is 5.92 Å². The average Bonchev–Trinajstić information content (AvgIpc) is 3.02. The molecule has 0 saturated carbocycles. The third kappa shape index (κ3) is 9.54. The summed E-state index contributed by atoms with van der Waals surface area (Å²) < 4.78 is 33.2. The molecule has 0 aliphatic heterocycles. The maximum atomic E-state index is 13.6. The number of unbranched alkanes of at least 4 members (excludes halogenated alkanes) is 1. The molecule has 3 aromatic carbocycles. The Hall–Kier alpha value is -3.93. The molecule has 0 radical (unpaired) electrons. The molecule has 3 rings (SSSR count). The van der Waals surface area contributed by atoms with Gasteiger partial charge in [0, 0.05) is 30.7 Å². The predicted molar refractivity (Wildman–Crippen MR) is 171 cm³/mol. The molecule has 0 fully saturated rings. The van der Waals surface area contributed by atoms with Crippen LogP contribution in [0.5, 0.6) is 0 Å². The number of ether oxygens (including phenoxy) is 1. The number of anilines is 1. The zero-order chi connectivity index (χ0) is 32.1. The fourth-order valence-electron chi connectivity index (χ4n) is 5.12. The maximum Gasteiger partial charge on any atom is 0.407 e. The number of nitrogens with one attached hydrogen (secondary N) is 2. The van der Waals surface area contributed by atoms with Gasteiger partial charge in [0.05, 0.1) is 18.6 Å². The zero-order valence-electron chi connectivity index (χ0n) is 25.6. The molecule has 0 heterocycles. The highest BCUT2D eigenvalue weighted by Crippen LogP contribution is 2.29. The van der Waals surface area contributed by atoms with E-state index in [9.17, 15) is 23.1 Å². The third-order valence-electron chi connectivity index (χ3n) is 7.31. The minimum absolute atomic E-state index is 0.0355. The van der Waals surface area contributed by atoms with Gasteiger partial charge in [0.2, 0.25) is 15.9 Å². The summed E-state index contributed by atoms with van der Waals surface area (Å²) in [5.41, 5.74) is 7.92. The minimum atomic E-state index is -3.87. The predicted octanol–water partition coefficient (Wildman–Crippen LogP) is 4.12. The summed E-state index contributed by atoms with van der Waals surface area (Å²) in [4.78, 5) is 26.0. The van der Waals surface area contributed by atoms with Gasteiger partial charge < -0.3 is 26.2 Å². The van der Waals surface area contributed by atoms with Crippen LogP contribution >= 0.6 is 0 Å². The Morgan fingerprint density at radius 3 is 1.98 bits per heavy atom.